The number of likely N-dealkylation sites (tertiary alicyclic amines) is 1. The SMILES string of the molecule is CCN(CC(C)N1CCC(Cc2ccccc2)CC1)c1ccccc1. The van der Waals surface area contributed by atoms with E-state index in [1.807, 2.05) is 0 Å². The highest BCUT2D eigenvalue weighted by Gasteiger charge is 2.24. The summed E-state index contributed by atoms with van der Waals surface area (Å²) in [4.78, 5) is 5.19. The Bertz CT molecular complexity index is 603. The zero-order valence-electron chi connectivity index (χ0n) is 15.8. The van der Waals surface area contributed by atoms with Gasteiger partial charge in [-0.2, -0.15) is 0 Å². The normalized spacial score (nSPS) is 17.4. The number of para-hydroxylation sites is 1. The Labute approximate surface area is 153 Å². The Hall–Kier alpha value is -1.80. The predicted octanol–water partition coefficient (Wildman–Crippen LogP) is 4.86. The van der Waals surface area contributed by atoms with Gasteiger partial charge in [0.25, 0.3) is 0 Å². The van der Waals surface area contributed by atoms with Gasteiger partial charge in [0.2, 0.25) is 0 Å². The van der Waals surface area contributed by atoms with Gasteiger partial charge in [0.05, 0.1) is 0 Å². The molecule has 0 aromatic heterocycles. The molecule has 1 heterocycles. The van der Waals surface area contributed by atoms with Crippen molar-refractivity contribution in [3.63, 3.8) is 0 Å². The van der Waals surface area contributed by atoms with Crippen LogP contribution in [0.25, 0.3) is 0 Å². The molecule has 2 aromatic carbocycles. The molecule has 0 radical (unpaired) electrons. The lowest BCUT2D eigenvalue weighted by atomic mass is 9.89. The van der Waals surface area contributed by atoms with Gasteiger partial charge in [-0.3, -0.25) is 4.90 Å². The topological polar surface area (TPSA) is 6.48 Å². The molecule has 1 unspecified atom stereocenters. The summed E-state index contributed by atoms with van der Waals surface area (Å²) in [5.41, 5.74) is 2.84. The van der Waals surface area contributed by atoms with Crippen molar-refractivity contribution in [3.8, 4) is 0 Å². The van der Waals surface area contributed by atoms with Crippen LogP contribution in [0.15, 0.2) is 60.7 Å². The van der Waals surface area contributed by atoms with E-state index in [-0.39, 0.29) is 0 Å². The van der Waals surface area contributed by atoms with E-state index in [1.165, 1.54) is 43.6 Å². The lowest BCUT2D eigenvalue weighted by Gasteiger charge is -2.38. The minimum Gasteiger partial charge on any atom is -0.370 e. The smallest absolute Gasteiger partial charge is 0.0366 e. The van der Waals surface area contributed by atoms with Crippen LogP contribution in [-0.4, -0.2) is 37.1 Å². The van der Waals surface area contributed by atoms with Crippen LogP contribution in [0.4, 0.5) is 5.69 Å². The second-order valence-corrected chi connectivity index (χ2v) is 7.39. The summed E-state index contributed by atoms with van der Waals surface area (Å²) in [5, 5.41) is 0. The number of anilines is 1. The molecular weight excluding hydrogens is 304 g/mol. The van der Waals surface area contributed by atoms with E-state index in [4.69, 9.17) is 0 Å². The third kappa shape index (κ3) is 5.09. The van der Waals surface area contributed by atoms with Crippen LogP contribution < -0.4 is 4.90 Å². The summed E-state index contributed by atoms with van der Waals surface area (Å²) in [6.45, 7) is 9.31. The molecule has 0 aliphatic carbocycles. The van der Waals surface area contributed by atoms with Crippen molar-refractivity contribution in [2.24, 2.45) is 5.92 Å². The summed E-state index contributed by atoms with van der Waals surface area (Å²) in [6.07, 6.45) is 3.90. The van der Waals surface area contributed by atoms with Crippen molar-refractivity contribution >= 4 is 5.69 Å². The number of hydrogen-bond acceptors (Lipinski definition) is 2. The Morgan fingerprint density at radius 1 is 0.960 bits per heavy atom. The first kappa shape index (κ1) is 18.0. The molecule has 2 aromatic rings. The predicted molar refractivity (Wildman–Crippen MR) is 108 cm³/mol. The number of hydrogen-bond donors (Lipinski definition) is 0. The van der Waals surface area contributed by atoms with E-state index < -0.39 is 0 Å². The average Bonchev–Trinajstić information content (AvgIpc) is 2.68. The summed E-state index contributed by atoms with van der Waals surface area (Å²) in [5.74, 6) is 0.849. The average molecular weight is 337 g/mol. The maximum Gasteiger partial charge on any atom is 0.0366 e. The summed E-state index contributed by atoms with van der Waals surface area (Å²) in [7, 11) is 0. The highest BCUT2D eigenvalue weighted by molar-refractivity contribution is 5.45. The number of nitrogens with zero attached hydrogens (tertiary/aromatic N) is 2. The molecule has 0 amide bonds. The zero-order valence-corrected chi connectivity index (χ0v) is 15.8. The first-order valence-corrected chi connectivity index (χ1v) is 9.84. The van der Waals surface area contributed by atoms with E-state index in [9.17, 15) is 0 Å². The largest absolute Gasteiger partial charge is 0.370 e. The van der Waals surface area contributed by atoms with Gasteiger partial charge in [-0.1, -0.05) is 48.5 Å². The molecule has 3 rings (SSSR count). The Morgan fingerprint density at radius 2 is 1.56 bits per heavy atom. The molecule has 1 aliphatic rings. The first-order valence-electron chi connectivity index (χ1n) is 9.84. The van der Waals surface area contributed by atoms with Crippen molar-refractivity contribution in [2.45, 2.75) is 39.2 Å². The van der Waals surface area contributed by atoms with Crippen LogP contribution in [0, 0.1) is 5.92 Å². The van der Waals surface area contributed by atoms with Crippen molar-refractivity contribution < 1.29 is 0 Å². The zero-order chi connectivity index (χ0) is 17.5. The summed E-state index contributed by atoms with van der Waals surface area (Å²) < 4.78 is 0. The van der Waals surface area contributed by atoms with E-state index in [0.717, 1.165) is 19.0 Å². The highest BCUT2D eigenvalue weighted by atomic mass is 15.2. The standard InChI is InChI=1S/C23H32N2/c1-3-24(23-12-8-5-9-13-23)19-20(2)25-16-14-22(15-17-25)18-21-10-6-4-7-11-21/h4-13,20,22H,3,14-19H2,1-2H3. The minimum absolute atomic E-state index is 0.609. The van der Waals surface area contributed by atoms with Crippen LogP contribution in [0.3, 0.4) is 0 Å². The van der Waals surface area contributed by atoms with E-state index in [1.54, 1.807) is 0 Å². The van der Waals surface area contributed by atoms with Gasteiger partial charge in [0.15, 0.2) is 0 Å². The van der Waals surface area contributed by atoms with Gasteiger partial charge >= 0.3 is 0 Å². The molecule has 134 valence electrons. The Balaban J connectivity index is 1.48. The molecule has 2 nitrogen and oxygen atoms in total. The summed E-state index contributed by atoms with van der Waals surface area (Å²) in [6, 6.07) is 22.4. The lowest BCUT2D eigenvalue weighted by molar-refractivity contribution is 0.143. The van der Waals surface area contributed by atoms with E-state index >= 15 is 0 Å². The fourth-order valence-corrected chi connectivity index (χ4v) is 4.04. The second kappa shape index (κ2) is 9.05. The van der Waals surface area contributed by atoms with E-state index in [0.29, 0.717) is 6.04 Å². The summed E-state index contributed by atoms with van der Waals surface area (Å²) >= 11 is 0. The van der Waals surface area contributed by atoms with Gasteiger partial charge in [-0.05, 0) is 69.8 Å². The highest BCUT2D eigenvalue weighted by Crippen LogP contribution is 2.24. The molecule has 0 spiro atoms. The van der Waals surface area contributed by atoms with Gasteiger partial charge in [0.1, 0.15) is 0 Å². The van der Waals surface area contributed by atoms with Crippen molar-refractivity contribution in [1.82, 2.24) is 4.90 Å². The van der Waals surface area contributed by atoms with Gasteiger partial charge in [-0.15, -0.1) is 0 Å². The van der Waals surface area contributed by atoms with Crippen molar-refractivity contribution in [3.05, 3.63) is 66.2 Å². The quantitative estimate of drug-likeness (QED) is 0.713. The number of benzene rings is 2. The van der Waals surface area contributed by atoms with Crippen LogP contribution >= 0.6 is 0 Å². The Kier molecular flexibility index (Phi) is 6.52. The van der Waals surface area contributed by atoms with Gasteiger partial charge in [0, 0.05) is 24.8 Å². The third-order valence-electron chi connectivity index (χ3n) is 5.63. The molecule has 1 aliphatic heterocycles. The Morgan fingerprint density at radius 3 is 2.16 bits per heavy atom. The molecular formula is C23H32N2. The first-order chi connectivity index (χ1) is 12.3. The third-order valence-corrected chi connectivity index (χ3v) is 5.63. The van der Waals surface area contributed by atoms with E-state index in [2.05, 4.69) is 84.3 Å². The number of likely N-dealkylation sites (N-methyl/N-ethyl adjacent to an activating group) is 1. The van der Waals surface area contributed by atoms with Crippen molar-refractivity contribution in [2.75, 3.05) is 31.1 Å². The maximum atomic E-state index is 2.69. The minimum atomic E-state index is 0.609. The fourth-order valence-electron chi connectivity index (χ4n) is 4.04. The fraction of sp³-hybridized carbons (Fsp3) is 0.478. The molecule has 0 saturated carbocycles. The molecule has 0 bridgehead atoms. The van der Waals surface area contributed by atoms with Gasteiger partial charge in [-0.25, -0.2) is 0 Å². The number of piperidine rings is 1. The van der Waals surface area contributed by atoms with Crippen LogP contribution in [-0.2, 0) is 6.42 Å². The van der Waals surface area contributed by atoms with Crippen molar-refractivity contribution in [1.29, 1.82) is 0 Å². The molecule has 1 fully saturated rings. The molecule has 0 N–H and O–H groups in total. The number of rotatable bonds is 7. The maximum absolute atomic E-state index is 2.69. The van der Waals surface area contributed by atoms with Crippen LogP contribution in [0.5, 0.6) is 0 Å². The van der Waals surface area contributed by atoms with Crippen LogP contribution in [0.2, 0.25) is 0 Å². The molecule has 2 heteroatoms. The van der Waals surface area contributed by atoms with Gasteiger partial charge < -0.3 is 4.90 Å². The molecule has 1 atom stereocenters. The van der Waals surface area contributed by atoms with Crippen LogP contribution in [0.1, 0.15) is 32.3 Å². The molecule has 1 saturated heterocycles. The second-order valence-electron chi connectivity index (χ2n) is 7.39. The molecule has 25 heavy (non-hydrogen) atoms. The monoisotopic (exact) mass is 336 g/mol. The lowest BCUT2D eigenvalue weighted by Crippen LogP contribution is -2.46.